The Labute approximate surface area is 147 Å². The van der Waals surface area contributed by atoms with Crippen molar-refractivity contribution < 1.29 is 4.79 Å². The van der Waals surface area contributed by atoms with Crippen molar-refractivity contribution in [3.05, 3.63) is 70.2 Å². The Kier molecular flexibility index (Phi) is 5.35. The smallest absolute Gasteiger partial charge is 0.244 e. The lowest BCUT2D eigenvalue weighted by Crippen LogP contribution is -2.49. The Morgan fingerprint density at radius 3 is 2.61 bits per heavy atom. The van der Waals surface area contributed by atoms with E-state index in [1.54, 1.807) is 6.92 Å². The number of rotatable bonds is 3. The number of carbonyl (C=O) groups is 1. The molecule has 2 aromatic rings. The van der Waals surface area contributed by atoms with E-state index >= 15 is 0 Å². The predicted octanol–water partition coefficient (Wildman–Crippen LogP) is 3.74. The summed E-state index contributed by atoms with van der Waals surface area (Å²) in [6.45, 7) is 1.74. The Balaban J connectivity index is 0.00000192. The van der Waals surface area contributed by atoms with Crippen molar-refractivity contribution in [3.8, 4) is 0 Å². The average Bonchev–Trinajstić information content (AvgIpc) is 2.93. The fraction of sp³-hybridized carbons (Fsp3) is 0.278. The summed E-state index contributed by atoms with van der Waals surface area (Å²) in [6, 6.07) is 15.2. The van der Waals surface area contributed by atoms with E-state index in [1.807, 2.05) is 48.5 Å². The largest absolute Gasteiger partial charge is 0.347 e. The summed E-state index contributed by atoms with van der Waals surface area (Å²) in [5.41, 5.74) is 8.25. The van der Waals surface area contributed by atoms with Crippen LogP contribution < -0.4 is 11.1 Å². The minimum absolute atomic E-state index is 0. The van der Waals surface area contributed by atoms with Gasteiger partial charge in [-0.3, -0.25) is 4.79 Å². The quantitative estimate of drug-likeness (QED) is 0.885. The van der Waals surface area contributed by atoms with Gasteiger partial charge in [-0.2, -0.15) is 0 Å². The topological polar surface area (TPSA) is 55.1 Å². The van der Waals surface area contributed by atoms with Crippen LogP contribution in [-0.2, 0) is 16.8 Å². The van der Waals surface area contributed by atoms with Gasteiger partial charge in [-0.05, 0) is 42.5 Å². The van der Waals surface area contributed by atoms with E-state index in [0.717, 1.165) is 34.6 Å². The minimum atomic E-state index is -1.05. The maximum Gasteiger partial charge on any atom is 0.244 e. The van der Waals surface area contributed by atoms with Crippen molar-refractivity contribution in [1.29, 1.82) is 0 Å². The molecule has 0 spiro atoms. The van der Waals surface area contributed by atoms with E-state index < -0.39 is 5.54 Å². The molecule has 1 aliphatic rings. The molecule has 0 saturated heterocycles. The number of fused-ring (bicyclic) bond motifs is 1. The van der Waals surface area contributed by atoms with Crippen molar-refractivity contribution >= 4 is 29.9 Å². The number of nitrogens with one attached hydrogen (secondary N) is 1. The summed E-state index contributed by atoms with van der Waals surface area (Å²) in [5, 5.41) is 3.85. The van der Waals surface area contributed by atoms with E-state index in [2.05, 4.69) is 5.32 Å². The number of amides is 1. The van der Waals surface area contributed by atoms with Crippen LogP contribution in [0, 0.1) is 0 Å². The van der Waals surface area contributed by atoms with Crippen LogP contribution in [0.25, 0.3) is 0 Å². The van der Waals surface area contributed by atoms with Crippen LogP contribution in [-0.4, -0.2) is 5.91 Å². The molecule has 0 radical (unpaired) electrons. The molecule has 122 valence electrons. The molecule has 0 bridgehead atoms. The first-order valence-corrected chi connectivity index (χ1v) is 7.80. The molecule has 2 unspecified atom stereocenters. The van der Waals surface area contributed by atoms with Crippen molar-refractivity contribution in [2.45, 2.75) is 31.3 Å². The van der Waals surface area contributed by atoms with Gasteiger partial charge in [0.1, 0.15) is 5.54 Å². The number of nitrogens with two attached hydrogens (primary N) is 1. The zero-order valence-electron chi connectivity index (χ0n) is 12.9. The monoisotopic (exact) mass is 350 g/mol. The highest BCUT2D eigenvalue weighted by molar-refractivity contribution is 6.31. The predicted molar refractivity (Wildman–Crippen MR) is 95.9 cm³/mol. The molecular weight excluding hydrogens is 331 g/mol. The highest BCUT2D eigenvalue weighted by atomic mass is 35.5. The highest BCUT2D eigenvalue weighted by Gasteiger charge is 2.34. The van der Waals surface area contributed by atoms with Crippen LogP contribution in [0.15, 0.2) is 48.5 Å². The molecule has 23 heavy (non-hydrogen) atoms. The molecule has 0 aromatic heterocycles. The maximum atomic E-state index is 12.6. The van der Waals surface area contributed by atoms with Gasteiger partial charge in [0.15, 0.2) is 0 Å². The molecule has 0 saturated carbocycles. The third-order valence-electron chi connectivity index (χ3n) is 4.36. The van der Waals surface area contributed by atoms with Gasteiger partial charge in [-0.25, -0.2) is 0 Å². The van der Waals surface area contributed by atoms with Gasteiger partial charge >= 0.3 is 0 Å². The summed E-state index contributed by atoms with van der Waals surface area (Å²) in [6.07, 6.45) is 1.74. The first-order valence-electron chi connectivity index (χ1n) is 7.43. The third-order valence-corrected chi connectivity index (χ3v) is 4.72. The molecule has 0 aliphatic heterocycles. The molecule has 1 amide bonds. The molecule has 5 heteroatoms. The van der Waals surface area contributed by atoms with Crippen LogP contribution in [0.3, 0.4) is 0 Å². The summed E-state index contributed by atoms with van der Waals surface area (Å²) < 4.78 is 0. The van der Waals surface area contributed by atoms with Crippen molar-refractivity contribution in [3.63, 3.8) is 0 Å². The Morgan fingerprint density at radius 1 is 1.22 bits per heavy atom. The summed E-state index contributed by atoms with van der Waals surface area (Å²) >= 11 is 6.22. The number of hydrogen-bond acceptors (Lipinski definition) is 2. The van der Waals surface area contributed by atoms with Crippen LogP contribution in [0.2, 0.25) is 5.02 Å². The standard InChI is InChI=1S/C18H19ClN2O.ClH/c1-18(20,12-6-3-2-4-7-12)17(22)21-16-11-10-13-14(16)8-5-9-15(13)19;/h2-9,16H,10-11,20H2,1H3,(H,21,22);1H. The van der Waals surface area contributed by atoms with Crippen LogP contribution in [0.1, 0.15) is 36.1 Å². The second-order valence-electron chi connectivity index (χ2n) is 5.94. The average molecular weight is 351 g/mol. The highest BCUT2D eigenvalue weighted by Crippen LogP contribution is 2.35. The van der Waals surface area contributed by atoms with Crippen LogP contribution in [0.4, 0.5) is 0 Å². The fourth-order valence-corrected chi connectivity index (χ4v) is 3.26. The fourth-order valence-electron chi connectivity index (χ4n) is 2.98. The normalized spacial score (nSPS) is 18.5. The van der Waals surface area contributed by atoms with Gasteiger partial charge in [0, 0.05) is 5.02 Å². The molecule has 2 atom stereocenters. The van der Waals surface area contributed by atoms with E-state index in [0.29, 0.717) is 0 Å². The van der Waals surface area contributed by atoms with Gasteiger partial charge in [-0.1, -0.05) is 54.1 Å². The second-order valence-corrected chi connectivity index (χ2v) is 6.35. The minimum Gasteiger partial charge on any atom is -0.347 e. The molecule has 2 aromatic carbocycles. The summed E-state index contributed by atoms with van der Waals surface area (Å²) in [4.78, 5) is 12.6. The van der Waals surface area contributed by atoms with E-state index in [9.17, 15) is 4.79 Å². The van der Waals surface area contributed by atoms with Gasteiger partial charge in [0.05, 0.1) is 6.04 Å². The molecule has 3 N–H and O–H groups in total. The Morgan fingerprint density at radius 2 is 1.91 bits per heavy atom. The first-order chi connectivity index (χ1) is 10.5. The number of hydrogen-bond donors (Lipinski definition) is 2. The zero-order chi connectivity index (χ0) is 15.7. The first kappa shape index (κ1) is 17.8. The maximum absolute atomic E-state index is 12.6. The van der Waals surface area contributed by atoms with Crippen LogP contribution in [0.5, 0.6) is 0 Å². The van der Waals surface area contributed by atoms with E-state index in [1.165, 1.54) is 0 Å². The van der Waals surface area contributed by atoms with Gasteiger partial charge in [0.25, 0.3) is 0 Å². The molecule has 3 rings (SSSR count). The van der Waals surface area contributed by atoms with Crippen molar-refractivity contribution in [1.82, 2.24) is 5.32 Å². The Hall–Kier alpha value is -1.55. The van der Waals surface area contributed by atoms with Gasteiger partial charge < -0.3 is 11.1 Å². The molecule has 3 nitrogen and oxygen atoms in total. The lowest BCUT2D eigenvalue weighted by Gasteiger charge is -2.26. The van der Waals surface area contributed by atoms with Gasteiger partial charge in [0.2, 0.25) is 5.91 Å². The third kappa shape index (κ3) is 3.37. The summed E-state index contributed by atoms with van der Waals surface area (Å²) in [7, 11) is 0. The van der Waals surface area contributed by atoms with E-state index in [4.69, 9.17) is 17.3 Å². The van der Waals surface area contributed by atoms with E-state index in [-0.39, 0.29) is 24.4 Å². The zero-order valence-corrected chi connectivity index (χ0v) is 14.5. The van der Waals surface area contributed by atoms with Crippen molar-refractivity contribution in [2.75, 3.05) is 0 Å². The number of carbonyl (C=O) groups excluding carboxylic acids is 1. The lowest BCUT2D eigenvalue weighted by molar-refractivity contribution is -0.126. The number of halogens is 2. The molecular formula is C18H20Cl2N2O. The second kappa shape index (κ2) is 6.91. The van der Waals surface area contributed by atoms with Gasteiger partial charge in [-0.15, -0.1) is 12.4 Å². The molecule has 1 aliphatic carbocycles. The summed E-state index contributed by atoms with van der Waals surface area (Å²) in [5.74, 6) is -0.170. The molecule has 0 heterocycles. The Bertz CT molecular complexity index is 701. The number of benzene rings is 2. The SMILES string of the molecule is CC(N)(C(=O)NC1CCc2c(Cl)cccc21)c1ccccc1.Cl. The van der Waals surface area contributed by atoms with Crippen molar-refractivity contribution in [2.24, 2.45) is 5.73 Å². The molecule has 0 fully saturated rings. The lowest BCUT2D eigenvalue weighted by atomic mass is 9.91. The van der Waals surface area contributed by atoms with Crippen LogP contribution >= 0.6 is 24.0 Å².